The van der Waals surface area contributed by atoms with Crippen LogP contribution >= 0.6 is 27.5 Å². The van der Waals surface area contributed by atoms with Gasteiger partial charge in [0.1, 0.15) is 11.8 Å². The number of hydrogen-bond donors (Lipinski definition) is 1. The number of halogens is 2. The molecule has 144 valence electrons. The molecule has 0 saturated carbocycles. The van der Waals surface area contributed by atoms with E-state index in [1.165, 1.54) is 4.90 Å². The Morgan fingerprint density at radius 2 is 1.93 bits per heavy atom. The van der Waals surface area contributed by atoms with Crippen molar-refractivity contribution in [2.45, 2.75) is 26.4 Å². The summed E-state index contributed by atoms with van der Waals surface area (Å²) in [6.45, 7) is 4.15. The monoisotopic (exact) mass is 452 g/mol. The first-order chi connectivity index (χ1) is 12.9. The summed E-state index contributed by atoms with van der Waals surface area (Å²) in [5.41, 5.74) is 0.934. The smallest absolute Gasteiger partial charge is 0.261 e. The Morgan fingerprint density at radius 1 is 1.22 bits per heavy atom. The maximum Gasteiger partial charge on any atom is 0.261 e. The molecule has 0 unspecified atom stereocenters. The van der Waals surface area contributed by atoms with Gasteiger partial charge in [0.05, 0.1) is 5.02 Å². The zero-order valence-electron chi connectivity index (χ0n) is 15.2. The van der Waals surface area contributed by atoms with E-state index < -0.39 is 6.04 Å². The van der Waals surface area contributed by atoms with E-state index in [0.29, 0.717) is 23.9 Å². The molecule has 7 heteroatoms. The molecule has 0 aliphatic carbocycles. The summed E-state index contributed by atoms with van der Waals surface area (Å²) in [7, 11) is 0. The fourth-order valence-electron chi connectivity index (χ4n) is 2.50. The number of carbonyl (C=O) groups is 2. The van der Waals surface area contributed by atoms with E-state index in [-0.39, 0.29) is 18.4 Å². The molecule has 27 heavy (non-hydrogen) atoms. The highest BCUT2D eigenvalue weighted by atomic mass is 79.9. The minimum atomic E-state index is -0.623. The van der Waals surface area contributed by atoms with Gasteiger partial charge in [0.25, 0.3) is 5.91 Å². The summed E-state index contributed by atoms with van der Waals surface area (Å²) in [5.74, 6) is -0.0846. The number of carbonyl (C=O) groups excluding carboxylic acids is 2. The molecule has 0 aliphatic heterocycles. The Morgan fingerprint density at radius 3 is 2.56 bits per heavy atom. The van der Waals surface area contributed by atoms with Crippen LogP contribution in [0.15, 0.2) is 53.0 Å². The van der Waals surface area contributed by atoms with Crippen LogP contribution in [-0.4, -0.2) is 35.9 Å². The lowest BCUT2D eigenvalue weighted by Gasteiger charge is -2.28. The largest absolute Gasteiger partial charge is 0.482 e. The molecule has 0 fully saturated rings. The highest BCUT2D eigenvalue weighted by molar-refractivity contribution is 9.10. The molecule has 1 N–H and O–H groups in total. The minimum Gasteiger partial charge on any atom is -0.482 e. The Kier molecular flexibility index (Phi) is 8.13. The second-order valence-corrected chi connectivity index (χ2v) is 7.26. The van der Waals surface area contributed by atoms with Crippen LogP contribution in [0.3, 0.4) is 0 Å². The SMILES string of the molecule is CCNC(=O)[C@H](C)N(Cc1ccccc1)C(=O)COc1ccc(Br)cc1Cl. The van der Waals surface area contributed by atoms with Crippen molar-refractivity contribution >= 4 is 39.3 Å². The molecule has 1 atom stereocenters. The molecule has 2 rings (SSSR count). The van der Waals surface area contributed by atoms with Crippen molar-refractivity contribution in [3.8, 4) is 5.75 Å². The summed E-state index contributed by atoms with van der Waals surface area (Å²) in [6.07, 6.45) is 0. The number of likely N-dealkylation sites (N-methyl/N-ethyl adjacent to an activating group) is 1. The van der Waals surface area contributed by atoms with Gasteiger partial charge >= 0.3 is 0 Å². The van der Waals surface area contributed by atoms with E-state index >= 15 is 0 Å². The highest BCUT2D eigenvalue weighted by Gasteiger charge is 2.26. The summed E-state index contributed by atoms with van der Waals surface area (Å²) in [5, 5.41) is 3.16. The lowest BCUT2D eigenvalue weighted by molar-refractivity contribution is -0.142. The van der Waals surface area contributed by atoms with Crippen LogP contribution < -0.4 is 10.1 Å². The van der Waals surface area contributed by atoms with Crippen LogP contribution in [0.25, 0.3) is 0 Å². The molecular formula is C20H22BrClN2O3. The topological polar surface area (TPSA) is 58.6 Å². The predicted octanol–water partition coefficient (Wildman–Crippen LogP) is 4.03. The summed E-state index contributed by atoms with van der Waals surface area (Å²) < 4.78 is 6.41. The van der Waals surface area contributed by atoms with Crippen molar-refractivity contribution < 1.29 is 14.3 Å². The van der Waals surface area contributed by atoms with Gasteiger partial charge in [-0.2, -0.15) is 0 Å². The van der Waals surface area contributed by atoms with Gasteiger partial charge in [0.2, 0.25) is 5.91 Å². The number of hydrogen-bond acceptors (Lipinski definition) is 3. The van der Waals surface area contributed by atoms with Crippen molar-refractivity contribution in [1.82, 2.24) is 10.2 Å². The van der Waals surface area contributed by atoms with Crippen molar-refractivity contribution in [2.75, 3.05) is 13.2 Å². The molecular weight excluding hydrogens is 432 g/mol. The van der Waals surface area contributed by atoms with Crippen molar-refractivity contribution in [3.63, 3.8) is 0 Å². The van der Waals surface area contributed by atoms with E-state index in [4.69, 9.17) is 16.3 Å². The van der Waals surface area contributed by atoms with Crippen LogP contribution in [0.2, 0.25) is 5.02 Å². The van der Waals surface area contributed by atoms with Gasteiger partial charge in [-0.3, -0.25) is 9.59 Å². The number of benzene rings is 2. The zero-order valence-corrected chi connectivity index (χ0v) is 17.6. The molecule has 0 radical (unpaired) electrons. The van der Waals surface area contributed by atoms with Gasteiger partial charge in [-0.1, -0.05) is 57.9 Å². The average Bonchev–Trinajstić information content (AvgIpc) is 2.65. The van der Waals surface area contributed by atoms with Gasteiger partial charge < -0.3 is 15.0 Å². The van der Waals surface area contributed by atoms with Gasteiger partial charge in [0.15, 0.2) is 6.61 Å². The second kappa shape index (κ2) is 10.3. The molecule has 5 nitrogen and oxygen atoms in total. The minimum absolute atomic E-state index is 0.205. The summed E-state index contributed by atoms with van der Waals surface area (Å²) >= 11 is 9.46. The maximum atomic E-state index is 12.8. The number of nitrogens with one attached hydrogen (secondary N) is 1. The van der Waals surface area contributed by atoms with E-state index in [1.54, 1.807) is 25.1 Å². The number of nitrogens with zero attached hydrogens (tertiary/aromatic N) is 1. The first-order valence-electron chi connectivity index (χ1n) is 8.61. The molecule has 2 amide bonds. The third-order valence-corrected chi connectivity index (χ3v) is 4.75. The lowest BCUT2D eigenvalue weighted by Crippen LogP contribution is -2.49. The van der Waals surface area contributed by atoms with Gasteiger partial charge in [-0.15, -0.1) is 0 Å². The van der Waals surface area contributed by atoms with Crippen molar-refractivity contribution in [3.05, 3.63) is 63.6 Å². The van der Waals surface area contributed by atoms with Crippen LogP contribution in [-0.2, 0) is 16.1 Å². The third-order valence-electron chi connectivity index (χ3n) is 3.96. The summed E-state index contributed by atoms with van der Waals surface area (Å²) in [4.78, 5) is 26.6. The third kappa shape index (κ3) is 6.26. The quantitative estimate of drug-likeness (QED) is 0.656. The van der Waals surface area contributed by atoms with Crippen LogP contribution in [0.5, 0.6) is 5.75 Å². The van der Waals surface area contributed by atoms with Crippen molar-refractivity contribution in [2.24, 2.45) is 0 Å². The van der Waals surface area contributed by atoms with E-state index in [9.17, 15) is 9.59 Å². The Hall–Kier alpha value is -2.05. The fourth-order valence-corrected chi connectivity index (χ4v) is 3.23. The number of rotatable bonds is 8. The lowest BCUT2D eigenvalue weighted by atomic mass is 10.1. The summed E-state index contributed by atoms with van der Waals surface area (Å²) in [6, 6.07) is 14.1. The number of ether oxygens (including phenoxy) is 1. The van der Waals surface area contributed by atoms with E-state index in [0.717, 1.165) is 10.0 Å². The fraction of sp³-hybridized carbons (Fsp3) is 0.300. The molecule has 0 aromatic heterocycles. The Labute approximate surface area is 172 Å². The van der Waals surface area contributed by atoms with Crippen LogP contribution in [0.4, 0.5) is 0 Å². The zero-order chi connectivity index (χ0) is 19.8. The average molecular weight is 454 g/mol. The molecule has 2 aromatic carbocycles. The normalized spacial score (nSPS) is 11.6. The molecule has 0 saturated heterocycles. The molecule has 0 spiro atoms. The van der Waals surface area contributed by atoms with Gasteiger partial charge in [0, 0.05) is 17.6 Å². The standard InChI is InChI=1S/C20H22BrClN2O3/c1-3-23-20(26)14(2)24(12-15-7-5-4-6-8-15)19(25)13-27-18-10-9-16(21)11-17(18)22/h4-11,14H,3,12-13H2,1-2H3,(H,23,26)/t14-/m0/s1. The molecule has 0 bridgehead atoms. The maximum absolute atomic E-state index is 12.8. The molecule has 0 heterocycles. The van der Waals surface area contributed by atoms with Gasteiger partial charge in [-0.05, 0) is 37.6 Å². The van der Waals surface area contributed by atoms with Crippen LogP contribution in [0.1, 0.15) is 19.4 Å². The Bertz CT molecular complexity index is 786. The van der Waals surface area contributed by atoms with Crippen LogP contribution in [0, 0.1) is 0 Å². The van der Waals surface area contributed by atoms with E-state index in [2.05, 4.69) is 21.2 Å². The van der Waals surface area contributed by atoms with Crippen molar-refractivity contribution in [1.29, 1.82) is 0 Å². The first-order valence-corrected chi connectivity index (χ1v) is 9.78. The highest BCUT2D eigenvalue weighted by Crippen LogP contribution is 2.27. The molecule has 0 aliphatic rings. The van der Waals surface area contributed by atoms with E-state index in [1.807, 2.05) is 37.3 Å². The predicted molar refractivity (Wildman–Crippen MR) is 110 cm³/mol. The first kappa shape index (κ1) is 21.3. The number of amides is 2. The Balaban J connectivity index is 2.13. The second-order valence-electron chi connectivity index (χ2n) is 5.94. The molecule has 2 aromatic rings. The van der Waals surface area contributed by atoms with Gasteiger partial charge in [-0.25, -0.2) is 0 Å².